The van der Waals surface area contributed by atoms with Gasteiger partial charge in [-0.15, -0.1) is 0 Å². The molecule has 1 aromatic heterocycles. The van der Waals surface area contributed by atoms with Crippen LogP contribution >= 0.6 is 0 Å². The van der Waals surface area contributed by atoms with Crippen molar-refractivity contribution < 1.29 is 23.6 Å². The van der Waals surface area contributed by atoms with E-state index in [1.807, 2.05) is 66.1 Å². The van der Waals surface area contributed by atoms with E-state index in [-0.39, 0.29) is 18.7 Å². The number of aryl methyl sites for hydroxylation is 1. The van der Waals surface area contributed by atoms with Crippen molar-refractivity contribution in [2.24, 2.45) is 7.05 Å². The Kier molecular flexibility index (Phi) is 18.3. The fourth-order valence-electron chi connectivity index (χ4n) is 4.89. The standard InChI is InChI=1S/C33H55N2O4/c1-4-6-7-8-9-10-11-12-13-14-15-16-17-20-25-37-27-31(38-5-2)28-39-33(36)32-22-19-18-21-30(32)26-35-24-23-34(3)29-35/h18-19,21-24,29,31H,4-17,20,25-28H2,1-3H3/q+1. The van der Waals surface area contributed by atoms with Crippen LogP contribution in [-0.2, 0) is 27.8 Å². The largest absolute Gasteiger partial charge is 0.459 e. The van der Waals surface area contributed by atoms with Gasteiger partial charge in [-0.2, -0.15) is 0 Å². The van der Waals surface area contributed by atoms with Crippen LogP contribution in [0.3, 0.4) is 0 Å². The Morgan fingerprint density at radius 2 is 1.46 bits per heavy atom. The summed E-state index contributed by atoms with van der Waals surface area (Å²) in [4.78, 5) is 12.9. The van der Waals surface area contributed by atoms with E-state index in [1.54, 1.807) is 0 Å². The van der Waals surface area contributed by atoms with Gasteiger partial charge in [0.15, 0.2) is 0 Å². The van der Waals surface area contributed by atoms with Crippen molar-refractivity contribution in [1.82, 2.24) is 4.57 Å². The molecular weight excluding hydrogens is 488 g/mol. The number of esters is 1. The molecule has 0 N–H and O–H groups in total. The van der Waals surface area contributed by atoms with Crippen molar-refractivity contribution in [1.29, 1.82) is 0 Å². The van der Waals surface area contributed by atoms with Crippen molar-refractivity contribution in [3.8, 4) is 0 Å². The summed E-state index contributed by atoms with van der Waals surface area (Å²) in [7, 11) is 1.98. The molecule has 220 valence electrons. The molecule has 1 heterocycles. The Bertz CT molecular complexity index is 882. The summed E-state index contributed by atoms with van der Waals surface area (Å²) in [5.74, 6) is -0.321. The lowest BCUT2D eigenvalue weighted by molar-refractivity contribution is -0.671. The smallest absolute Gasteiger partial charge is 0.338 e. The molecule has 0 saturated heterocycles. The quantitative estimate of drug-likeness (QED) is 0.0785. The van der Waals surface area contributed by atoms with Crippen LogP contribution in [0.2, 0.25) is 0 Å². The maximum Gasteiger partial charge on any atom is 0.338 e. The molecular formula is C33H55N2O4+. The Morgan fingerprint density at radius 1 is 0.846 bits per heavy atom. The molecule has 6 heteroatoms. The Balaban J connectivity index is 1.53. The number of ether oxygens (including phenoxy) is 3. The van der Waals surface area contributed by atoms with Crippen LogP contribution in [-0.4, -0.2) is 43.1 Å². The van der Waals surface area contributed by atoms with Gasteiger partial charge < -0.3 is 14.2 Å². The SMILES string of the molecule is CCCCCCCCCCCCCCCCOCC(COC(=O)c1ccccc1Cn1cc[n+](C)c1)OCC. The van der Waals surface area contributed by atoms with E-state index in [4.69, 9.17) is 14.2 Å². The van der Waals surface area contributed by atoms with Crippen molar-refractivity contribution in [2.75, 3.05) is 26.4 Å². The second-order valence-corrected chi connectivity index (χ2v) is 10.8. The molecule has 1 unspecified atom stereocenters. The van der Waals surface area contributed by atoms with Gasteiger partial charge in [0.05, 0.1) is 19.2 Å². The lowest BCUT2D eigenvalue weighted by atomic mass is 10.0. The molecule has 6 nitrogen and oxygen atoms in total. The fraction of sp³-hybridized carbons (Fsp3) is 0.697. The van der Waals surface area contributed by atoms with Gasteiger partial charge in [0, 0.05) is 18.8 Å². The third-order valence-corrected chi connectivity index (χ3v) is 7.16. The van der Waals surface area contributed by atoms with Gasteiger partial charge in [-0.1, -0.05) is 109 Å². The lowest BCUT2D eigenvalue weighted by Crippen LogP contribution is -2.28. The van der Waals surface area contributed by atoms with Crippen LogP contribution in [0.4, 0.5) is 0 Å². The zero-order valence-corrected chi connectivity index (χ0v) is 25.1. The second kappa shape index (κ2) is 21.6. The Hall–Kier alpha value is -2.18. The normalized spacial score (nSPS) is 12.1. The van der Waals surface area contributed by atoms with E-state index < -0.39 is 0 Å². The molecule has 2 aromatic rings. The van der Waals surface area contributed by atoms with Crippen LogP contribution in [0.15, 0.2) is 43.0 Å². The lowest BCUT2D eigenvalue weighted by Gasteiger charge is -2.18. The third kappa shape index (κ3) is 15.3. The Labute approximate surface area is 238 Å². The van der Waals surface area contributed by atoms with E-state index in [0.717, 1.165) is 18.6 Å². The Morgan fingerprint density at radius 3 is 2.05 bits per heavy atom. The van der Waals surface area contributed by atoms with Gasteiger partial charge in [-0.3, -0.25) is 0 Å². The molecule has 0 aliphatic rings. The maximum atomic E-state index is 12.9. The molecule has 0 amide bonds. The minimum absolute atomic E-state index is 0.193. The summed E-state index contributed by atoms with van der Waals surface area (Å²) in [5.41, 5.74) is 1.52. The second-order valence-electron chi connectivity index (χ2n) is 10.8. The minimum atomic E-state index is -0.321. The first-order valence-corrected chi connectivity index (χ1v) is 15.6. The molecule has 0 fully saturated rings. The number of nitrogens with zero attached hydrogens (tertiary/aromatic N) is 2. The summed E-state index contributed by atoms with van der Waals surface area (Å²) in [6.45, 7) is 6.77. The monoisotopic (exact) mass is 543 g/mol. The number of unbranched alkanes of at least 4 members (excludes halogenated alkanes) is 13. The van der Waals surface area contributed by atoms with Crippen molar-refractivity contribution in [2.45, 2.75) is 116 Å². The molecule has 0 spiro atoms. The van der Waals surface area contributed by atoms with Crippen LogP contribution < -0.4 is 4.57 Å². The fourth-order valence-corrected chi connectivity index (χ4v) is 4.89. The first-order valence-electron chi connectivity index (χ1n) is 15.6. The zero-order chi connectivity index (χ0) is 28.0. The topological polar surface area (TPSA) is 53.6 Å². The number of hydrogen-bond acceptors (Lipinski definition) is 4. The van der Waals surface area contributed by atoms with Crippen molar-refractivity contribution >= 4 is 5.97 Å². The summed E-state index contributed by atoms with van der Waals surface area (Å²) in [5, 5.41) is 0. The van der Waals surface area contributed by atoms with E-state index in [0.29, 0.717) is 25.3 Å². The minimum Gasteiger partial charge on any atom is -0.459 e. The summed E-state index contributed by atoms with van der Waals surface area (Å²) in [6.07, 6.45) is 24.6. The van der Waals surface area contributed by atoms with Crippen LogP contribution in [0.25, 0.3) is 0 Å². The molecule has 0 aliphatic carbocycles. The van der Waals surface area contributed by atoms with E-state index in [2.05, 4.69) is 6.92 Å². The number of imidazole rings is 1. The first-order chi connectivity index (χ1) is 19.1. The number of carbonyl (C=O) groups excluding carboxylic acids is 1. The van der Waals surface area contributed by atoms with E-state index in [9.17, 15) is 4.79 Å². The van der Waals surface area contributed by atoms with Gasteiger partial charge in [-0.25, -0.2) is 13.9 Å². The van der Waals surface area contributed by atoms with Crippen LogP contribution in [0.1, 0.15) is 120 Å². The first kappa shape index (κ1) is 33.0. The van der Waals surface area contributed by atoms with Gasteiger partial charge >= 0.3 is 5.97 Å². The predicted molar refractivity (Wildman–Crippen MR) is 158 cm³/mol. The molecule has 0 aliphatic heterocycles. The number of benzene rings is 1. The summed E-state index contributed by atoms with van der Waals surface area (Å²) < 4.78 is 21.3. The molecule has 0 radical (unpaired) electrons. The summed E-state index contributed by atoms with van der Waals surface area (Å²) in [6, 6.07) is 7.61. The number of rotatable bonds is 24. The van der Waals surface area contributed by atoms with Gasteiger partial charge in [0.1, 0.15) is 31.6 Å². The van der Waals surface area contributed by atoms with Crippen LogP contribution in [0.5, 0.6) is 0 Å². The number of aromatic nitrogens is 2. The molecule has 2 rings (SSSR count). The number of carbonyl (C=O) groups is 1. The highest BCUT2D eigenvalue weighted by Crippen LogP contribution is 2.14. The van der Waals surface area contributed by atoms with E-state index >= 15 is 0 Å². The maximum absolute atomic E-state index is 12.9. The zero-order valence-electron chi connectivity index (χ0n) is 25.1. The average molecular weight is 544 g/mol. The highest BCUT2D eigenvalue weighted by Gasteiger charge is 2.17. The van der Waals surface area contributed by atoms with Gasteiger partial charge in [0.25, 0.3) is 0 Å². The molecule has 0 bridgehead atoms. The van der Waals surface area contributed by atoms with Gasteiger partial charge in [0.2, 0.25) is 6.33 Å². The van der Waals surface area contributed by atoms with E-state index in [1.165, 1.54) is 83.5 Å². The third-order valence-electron chi connectivity index (χ3n) is 7.16. The van der Waals surface area contributed by atoms with Crippen LogP contribution in [0, 0.1) is 0 Å². The summed E-state index contributed by atoms with van der Waals surface area (Å²) >= 11 is 0. The van der Waals surface area contributed by atoms with Crippen molar-refractivity contribution in [3.63, 3.8) is 0 Å². The molecule has 1 aromatic carbocycles. The highest BCUT2D eigenvalue weighted by atomic mass is 16.6. The molecule has 0 saturated carbocycles. The molecule has 39 heavy (non-hydrogen) atoms. The van der Waals surface area contributed by atoms with Gasteiger partial charge in [-0.05, 0) is 19.4 Å². The molecule has 1 atom stereocenters. The highest BCUT2D eigenvalue weighted by molar-refractivity contribution is 5.91. The number of hydrogen-bond donors (Lipinski definition) is 0. The average Bonchev–Trinajstić information content (AvgIpc) is 3.35. The predicted octanol–water partition coefficient (Wildman–Crippen LogP) is 7.42. The van der Waals surface area contributed by atoms with Crippen molar-refractivity contribution in [3.05, 3.63) is 54.1 Å².